The molecule has 2 rings (SSSR count). The highest BCUT2D eigenvalue weighted by molar-refractivity contribution is 6.27. The smallest absolute Gasteiger partial charge is 0.331 e. The first-order valence-corrected chi connectivity index (χ1v) is 8.84. The zero-order valence-electron chi connectivity index (χ0n) is 16.3. The zero-order chi connectivity index (χ0) is 21.2. The van der Waals surface area contributed by atoms with Crippen LogP contribution in [0, 0.1) is 0 Å². The van der Waals surface area contributed by atoms with Crippen LogP contribution in [0.1, 0.15) is 61.3 Å². The molecule has 1 atom stereocenters. The Balaban J connectivity index is 2.46. The quantitative estimate of drug-likeness (QED) is 0.389. The minimum Gasteiger partial charge on any atom is -0.507 e. The van der Waals surface area contributed by atoms with Gasteiger partial charge in [0.15, 0.2) is 11.6 Å². The fourth-order valence-electron chi connectivity index (χ4n) is 2.89. The molecule has 0 saturated carbocycles. The van der Waals surface area contributed by atoms with Crippen molar-refractivity contribution in [2.75, 3.05) is 0 Å². The number of aromatic hydroxyl groups is 2. The number of esters is 1. The number of phenols is 2. The van der Waals surface area contributed by atoms with E-state index in [0.29, 0.717) is 5.57 Å². The minimum atomic E-state index is -1.10. The average Bonchev–Trinajstić information content (AvgIpc) is 2.55. The van der Waals surface area contributed by atoms with Crippen molar-refractivity contribution in [1.29, 1.82) is 0 Å². The lowest BCUT2D eigenvalue weighted by atomic mass is 9.84. The predicted octanol–water partition coefficient (Wildman–Crippen LogP) is 2.83. The van der Waals surface area contributed by atoms with Gasteiger partial charge in [-0.25, -0.2) is 4.79 Å². The molecule has 1 aliphatic carbocycles. The van der Waals surface area contributed by atoms with Crippen LogP contribution in [0.4, 0.5) is 0 Å². The molecular formula is C21H24O7. The third kappa shape index (κ3) is 4.86. The Labute approximate surface area is 163 Å². The molecule has 0 spiro atoms. The van der Waals surface area contributed by atoms with Gasteiger partial charge < -0.3 is 20.1 Å². The van der Waals surface area contributed by atoms with Gasteiger partial charge in [0, 0.05) is 11.6 Å². The normalized spacial score (nSPS) is 14.8. The van der Waals surface area contributed by atoms with Gasteiger partial charge in [-0.15, -0.1) is 0 Å². The summed E-state index contributed by atoms with van der Waals surface area (Å²) >= 11 is 0. The largest absolute Gasteiger partial charge is 0.507 e. The van der Waals surface area contributed by atoms with Crippen LogP contribution < -0.4 is 0 Å². The molecule has 28 heavy (non-hydrogen) atoms. The van der Waals surface area contributed by atoms with Gasteiger partial charge in [0.1, 0.15) is 17.6 Å². The van der Waals surface area contributed by atoms with Gasteiger partial charge >= 0.3 is 5.97 Å². The number of carbonyl (C=O) groups excluding carboxylic acids is 3. The van der Waals surface area contributed by atoms with E-state index in [1.807, 2.05) is 0 Å². The van der Waals surface area contributed by atoms with Crippen LogP contribution in [0.5, 0.6) is 11.5 Å². The topological polar surface area (TPSA) is 121 Å². The molecule has 0 amide bonds. The van der Waals surface area contributed by atoms with Crippen LogP contribution in [0.3, 0.4) is 0 Å². The molecular weight excluding hydrogens is 364 g/mol. The molecule has 0 fully saturated rings. The highest BCUT2D eigenvalue weighted by Gasteiger charge is 2.36. The molecule has 1 aromatic rings. The first-order chi connectivity index (χ1) is 12.9. The van der Waals surface area contributed by atoms with E-state index >= 15 is 0 Å². The second kappa shape index (κ2) is 7.98. The van der Waals surface area contributed by atoms with Gasteiger partial charge in [-0.2, -0.15) is 0 Å². The summed E-state index contributed by atoms with van der Waals surface area (Å²) in [5, 5.41) is 30.0. The lowest BCUT2D eigenvalue weighted by molar-refractivity contribution is -0.142. The standard InChI is InChI=1S/C21H24O7/c1-11(2)9-17(25)28-16(7-8-21(3,4)27)12-10-15(24)18-13(22)5-6-14(23)19(18)20(12)26/h5-6,9-10,16,22-23,27H,7-8H2,1-4H3/t16-/m0/s1. The molecule has 0 radical (unpaired) electrons. The second-order valence-electron chi connectivity index (χ2n) is 7.65. The molecule has 1 aromatic carbocycles. The van der Waals surface area contributed by atoms with Crippen molar-refractivity contribution in [1.82, 2.24) is 0 Å². The van der Waals surface area contributed by atoms with Crippen molar-refractivity contribution in [3.63, 3.8) is 0 Å². The van der Waals surface area contributed by atoms with E-state index < -0.39 is 40.7 Å². The van der Waals surface area contributed by atoms with Crippen molar-refractivity contribution in [2.45, 2.75) is 52.2 Å². The lowest BCUT2D eigenvalue weighted by Crippen LogP contribution is -2.31. The van der Waals surface area contributed by atoms with Crippen molar-refractivity contribution in [2.24, 2.45) is 0 Å². The van der Waals surface area contributed by atoms with Gasteiger partial charge in [0.25, 0.3) is 0 Å². The molecule has 3 N–H and O–H groups in total. The van der Waals surface area contributed by atoms with Gasteiger partial charge in [-0.05, 0) is 58.7 Å². The Morgan fingerprint density at radius 2 is 1.71 bits per heavy atom. The van der Waals surface area contributed by atoms with Gasteiger partial charge in [0.05, 0.1) is 16.7 Å². The minimum absolute atomic E-state index is 0.0889. The maximum atomic E-state index is 12.9. The number of benzene rings is 1. The number of ketones is 2. The fourth-order valence-corrected chi connectivity index (χ4v) is 2.89. The highest BCUT2D eigenvalue weighted by atomic mass is 16.5. The van der Waals surface area contributed by atoms with E-state index in [9.17, 15) is 29.7 Å². The Bertz CT molecular complexity index is 881. The lowest BCUT2D eigenvalue weighted by Gasteiger charge is -2.26. The second-order valence-corrected chi connectivity index (χ2v) is 7.65. The summed E-state index contributed by atoms with van der Waals surface area (Å²) in [5.41, 5.74) is -1.11. The predicted molar refractivity (Wildman–Crippen MR) is 101 cm³/mol. The number of carbonyl (C=O) groups is 3. The van der Waals surface area contributed by atoms with Crippen molar-refractivity contribution in [3.05, 3.63) is 46.6 Å². The fraction of sp³-hybridized carbons (Fsp3) is 0.381. The number of hydrogen-bond donors (Lipinski definition) is 3. The Kier molecular flexibility index (Phi) is 6.09. The van der Waals surface area contributed by atoms with E-state index in [4.69, 9.17) is 4.74 Å². The summed E-state index contributed by atoms with van der Waals surface area (Å²) in [5.74, 6) is -2.95. The third-order valence-corrected chi connectivity index (χ3v) is 4.21. The van der Waals surface area contributed by atoms with E-state index in [1.54, 1.807) is 27.7 Å². The number of phenolic OH excluding ortho intramolecular Hbond substituents is 2. The first-order valence-electron chi connectivity index (χ1n) is 8.84. The average molecular weight is 388 g/mol. The molecule has 7 nitrogen and oxygen atoms in total. The molecule has 0 aromatic heterocycles. The van der Waals surface area contributed by atoms with Crippen molar-refractivity contribution < 1.29 is 34.4 Å². The van der Waals surface area contributed by atoms with Gasteiger partial charge in [-0.1, -0.05) is 5.57 Å². The summed E-state index contributed by atoms with van der Waals surface area (Å²) in [7, 11) is 0. The summed E-state index contributed by atoms with van der Waals surface area (Å²) in [4.78, 5) is 37.5. The van der Waals surface area contributed by atoms with Gasteiger partial charge in [0.2, 0.25) is 0 Å². The van der Waals surface area contributed by atoms with Crippen LogP contribution in [0.15, 0.2) is 35.4 Å². The number of ether oxygens (including phenoxy) is 1. The maximum absolute atomic E-state index is 12.9. The van der Waals surface area contributed by atoms with E-state index in [2.05, 4.69) is 0 Å². The maximum Gasteiger partial charge on any atom is 0.331 e. The highest BCUT2D eigenvalue weighted by Crippen LogP contribution is 2.36. The molecule has 0 saturated heterocycles. The first kappa shape index (κ1) is 21.4. The Morgan fingerprint density at radius 3 is 2.25 bits per heavy atom. The van der Waals surface area contributed by atoms with E-state index in [0.717, 1.165) is 18.2 Å². The van der Waals surface area contributed by atoms with Gasteiger partial charge in [-0.3, -0.25) is 9.59 Å². The summed E-state index contributed by atoms with van der Waals surface area (Å²) in [6.45, 7) is 6.56. The van der Waals surface area contributed by atoms with Crippen LogP contribution in [0.2, 0.25) is 0 Å². The van der Waals surface area contributed by atoms with Crippen LogP contribution in [0.25, 0.3) is 0 Å². The SMILES string of the molecule is CC(C)=CC(=O)O[C@@H](CCC(C)(C)O)C1=CC(=O)c2c(O)ccc(O)c2C1=O. The molecule has 7 heteroatoms. The molecule has 1 aliphatic rings. The number of rotatable bonds is 6. The Hall–Kier alpha value is -2.93. The monoisotopic (exact) mass is 388 g/mol. The summed E-state index contributed by atoms with van der Waals surface area (Å²) in [6.07, 6.45) is 1.45. The summed E-state index contributed by atoms with van der Waals surface area (Å²) in [6, 6.07) is 2.24. The Morgan fingerprint density at radius 1 is 1.14 bits per heavy atom. The zero-order valence-corrected chi connectivity index (χ0v) is 16.3. The number of Topliss-reactive ketones (excluding diaryl/α,β-unsaturated/α-hetero) is 1. The van der Waals surface area contributed by atoms with E-state index in [-0.39, 0.29) is 29.5 Å². The molecule has 0 aliphatic heterocycles. The van der Waals surface area contributed by atoms with Crippen LogP contribution in [-0.2, 0) is 9.53 Å². The van der Waals surface area contributed by atoms with Crippen LogP contribution >= 0.6 is 0 Å². The molecule has 150 valence electrons. The number of fused-ring (bicyclic) bond motifs is 1. The number of aliphatic hydroxyl groups is 1. The van der Waals surface area contributed by atoms with Crippen LogP contribution in [-0.4, -0.2) is 44.6 Å². The van der Waals surface area contributed by atoms with Crippen molar-refractivity contribution in [3.8, 4) is 11.5 Å². The molecule has 0 bridgehead atoms. The summed E-state index contributed by atoms with van der Waals surface area (Å²) < 4.78 is 5.39. The number of hydrogen-bond acceptors (Lipinski definition) is 7. The number of allylic oxidation sites excluding steroid dienone is 2. The third-order valence-electron chi connectivity index (χ3n) is 4.21. The van der Waals surface area contributed by atoms with E-state index in [1.165, 1.54) is 6.08 Å². The molecule has 0 unspecified atom stereocenters. The molecule has 0 heterocycles. The van der Waals surface area contributed by atoms with Crippen molar-refractivity contribution >= 4 is 17.5 Å².